The smallest absolute Gasteiger partial charge is 0.0159 e. The lowest BCUT2D eigenvalue weighted by Gasteiger charge is -2.28. The van der Waals surface area contributed by atoms with E-state index in [1.807, 2.05) is 0 Å². The van der Waals surface area contributed by atoms with Crippen molar-refractivity contribution in [1.82, 2.24) is 0 Å². The molecule has 1 aliphatic carbocycles. The van der Waals surface area contributed by atoms with Gasteiger partial charge in [-0.1, -0.05) is 56.5 Å². The minimum Gasteiger partial charge on any atom is -0.0651 e. The van der Waals surface area contributed by atoms with Gasteiger partial charge in [-0.25, -0.2) is 0 Å². The molecule has 2 rings (SSSR count). The van der Waals surface area contributed by atoms with E-state index in [2.05, 4.69) is 37.3 Å². The lowest BCUT2D eigenvalue weighted by molar-refractivity contribution is 0.314. The molecule has 0 heteroatoms. The predicted octanol–water partition coefficient (Wildman–Crippen LogP) is 4.37. The van der Waals surface area contributed by atoms with Gasteiger partial charge >= 0.3 is 0 Å². The van der Waals surface area contributed by atoms with E-state index in [0.717, 1.165) is 11.8 Å². The van der Waals surface area contributed by atoms with Crippen LogP contribution < -0.4 is 0 Å². The molecular formula is C14H20. The third-order valence-electron chi connectivity index (χ3n) is 3.63. The van der Waals surface area contributed by atoms with Gasteiger partial charge in [-0.15, -0.1) is 0 Å². The molecule has 0 heterocycles. The zero-order valence-corrected chi connectivity index (χ0v) is 9.08. The molecule has 0 bridgehead atoms. The largest absolute Gasteiger partial charge is 0.0651 e. The Morgan fingerprint density at radius 2 is 1.93 bits per heavy atom. The fraction of sp³-hybridized carbons (Fsp3) is 0.571. The van der Waals surface area contributed by atoms with Gasteiger partial charge in [0, 0.05) is 0 Å². The molecule has 0 aromatic heterocycles. The summed E-state index contributed by atoms with van der Waals surface area (Å²) >= 11 is 0. The van der Waals surface area contributed by atoms with E-state index in [-0.39, 0.29) is 0 Å². The van der Waals surface area contributed by atoms with E-state index < -0.39 is 0 Å². The maximum Gasteiger partial charge on any atom is -0.0159 e. The number of rotatable bonds is 2. The first kappa shape index (κ1) is 9.76. The van der Waals surface area contributed by atoms with Crippen LogP contribution in [0.15, 0.2) is 30.3 Å². The van der Waals surface area contributed by atoms with E-state index in [9.17, 15) is 0 Å². The van der Waals surface area contributed by atoms with Gasteiger partial charge in [0.1, 0.15) is 0 Å². The molecule has 1 saturated carbocycles. The minimum atomic E-state index is 0.842. The van der Waals surface area contributed by atoms with Gasteiger partial charge in [0.05, 0.1) is 0 Å². The fourth-order valence-electron chi connectivity index (χ4n) is 2.69. The van der Waals surface area contributed by atoms with E-state index in [4.69, 9.17) is 0 Å². The summed E-state index contributed by atoms with van der Waals surface area (Å²) < 4.78 is 0. The molecule has 1 aliphatic rings. The van der Waals surface area contributed by atoms with Crippen LogP contribution in [0.5, 0.6) is 0 Å². The first-order chi connectivity index (χ1) is 6.90. The molecule has 0 amide bonds. The highest BCUT2D eigenvalue weighted by Gasteiger charge is 2.21. The molecule has 0 unspecified atom stereocenters. The summed E-state index contributed by atoms with van der Waals surface area (Å²) in [5.74, 6) is 1.82. The lowest BCUT2D eigenvalue weighted by Crippen LogP contribution is -2.13. The first-order valence-corrected chi connectivity index (χ1v) is 5.95. The zero-order chi connectivity index (χ0) is 9.80. The van der Waals surface area contributed by atoms with Crippen LogP contribution in [0.25, 0.3) is 0 Å². The minimum absolute atomic E-state index is 0.842. The van der Waals surface area contributed by atoms with Crippen LogP contribution in [0.4, 0.5) is 0 Å². The second-order valence-corrected chi connectivity index (χ2v) is 4.55. The van der Waals surface area contributed by atoms with Gasteiger partial charge in [-0.3, -0.25) is 0 Å². The van der Waals surface area contributed by atoms with Crippen LogP contribution in [-0.2, 0) is 0 Å². The van der Waals surface area contributed by atoms with E-state index in [1.165, 1.54) is 32.1 Å². The van der Waals surface area contributed by atoms with Crippen LogP contribution in [-0.4, -0.2) is 0 Å². The Morgan fingerprint density at radius 3 is 2.64 bits per heavy atom. The predicted molar refractivity (Wildman–Crippen MR) is 61.4 cm³/mol. The van der Waals surface area contributed by atoms with Gasteiger partial charge in [0.2, 0.25) is 0 Å². The van der Waals surface area contributed by atoms with E-state index in [1.54, 1.807) is 5.56 Å². The Morgan fingerprint density at radius 1 is 1.14 bits per heavy atom. The second-order valence-electron chi connectivity index (χ2n) is 4.55. The molecule has 76 valence electrons. The average molecular weight is 188 g/mol. The monoisotopic (exact) mass is 188 g/mol. The van der Waals surface area contributed by atoms with E-state index >= 15 is 0 Å². The molecule has 0 saturated heterocycles. The number of hydrogen-bond acceptors (Lipinski definition) is 0. The van der Waals surface area contributed by atoms with Crippen LogP contribution in [0.1, 0.15) is 50.5 Å². The highest BCUT2D eigenvalue weighted by atomic mass is 14.3. The van der Waals surface area contributed by atoms with Crippen LogP contribution in [0, 0.1) is 5.92 Å². The molecular weight excluding hydrogens is 168 g/mol. The Hall–Kier alpha value is -0.780. The molecule has 0 spiro atoms. The lowest BCUT2D eigenvalue weighted by atomic mass is 9.77. The Bertz CT molecular complexity index is 263. The summed E-state index contributed by atoms with van der Waals surface area (Å²) in [5.41, 5.74) is 1.56. The number of benzene rings is 1. The van der Waals surface area contributed by atoms with Crippen molar-refractivity contribution in [3.05, 3.63) is 35.9 Å². The van der Waals surface area contributed by atoms with Crippen molar-refractivity contribution in [2.45, 2.75) is 44.9 Å². The topological polar surface area (TPSA) is 0 Å². The summed E-state index contributed by atoms with van der Waals surface area (Å²) in [5, 5.41) is 0. The van der Waals surface area contributed by atoms with Gasteiger partial charge in [0.15, 0.2) is 0 Å². The SMILES string of the molecule is CC[C@H]1CCC[C@H](c2ccccc2)C1. The standard InChI is InChI=1S/C14H20/c1-2-12-7-6-10-14(11-12)13-8-4-3-5-9-13/h3-5,8-9,12,14H,2,6-7,10-11H2,1H3/t12-,14-/m0/s1. The van der Waals surface area contributed by atoms with Crippen LogP contribution in [0.3, 0.4) is 0 Å². The van der Waals surface area contributed by atoms with Gasteiger partial charge in [-0.2, -0.15) is 0 Å². The molecule has 0 aliphatic heterocycles. The van der Waals surface area contributed by atoms with Gasteiger partial charge in [-0.05, 0) is 30.2 Å². The van der Waals surface area contributed by atoms with Crippen molar-refractivity contribution >= 4 is 0 Å². The van der Waals surface area contributed by atoms with E-state index in [0.29, 0.717) is 0 Å². The summed E-state index contributed by atoms with van der Waals surface area (Å²) in [6, 6.07) is 11.0. The fourth-order valence-corrected chi connectivity index (χ4v) is 2.69. The van der Waals surface area contributed by atoms with Crippen molar-refractivity contribution in [2.24, 2.45) is 5.92 Å². The molecule has 1 fully saturated rings. The molecule has 2 atom stereocenters. The molecule has 0 nitrogen and oxygen atoms in total. The molecule has 0 N–H and O–H groups in total. The van der Waals surface area contributed by atoms with Crippen molar-refractivity contribution in [3.8, 4) is 0 Å². The zero-order valence-electron chi connectivity index (χ0n) is 9.08. The van der Waals surface area contributed by atoms with Gasteiger partial charge in [0.25, 0.3) is 0 Å². The first-order valence-electron chi connectivity index (χ1n) is 5.95. The van der Waals surface area contributed by atoms with Crippen molar-refractivity contribution < 1.29 is 0 Å². The summed E-state index contributed by atoms with van der Waals surface area (Å²) in [6.45, 7) is 2.33. The third-order valence-corrected chi connectivity index (χ3v) is 3.63. The summed E-state index contributed by atoms with van der Waals surface area (Å²) in [6.07, 6.45) is 7.07. The summed E-state index contributed by atoms with van der Waals surface area (Å²) in [4.78, 5) is 0. The second kappa shape index (κ2) is 4.63. The Labute approximate surface area is 87.3 Å². The highest BCUT2D eigenvalue weighted by Crippen LogP contribution is 2.37. The number of hydrogen-bond donors (Lipinski definition) is 0. The average Bonchev–Trinajstić information content (AvgIpc) is 2.30. The Balaban J connectivity index is 2.04. The molecule has 1 aromatic carbocycles. The molecule has 1 aromatic rings. The quantitative estimate of drug-likeness (QED) is 0.646. The van der Waals surface area contributed by atoms with Crippen LogP contribution in [0.2, 0.25) is 0 Å². The van der Waals surface area contributed by atoms with Gasteiger partial charge < -0.3 is 0 Å². The van der Waals surface area contributed by atoms with Crippen molar-refractivity contribution in [2.75, 3.05) is 0 Å². The molecule has 0 radical (unpaired) electrons. The van der Waals surface area contributed by atoms with Crippen molar-refractivity contribution in [3.63, 3.8) is 0 Å². The Kier molecular flexibility index (Phi) is 3.23. The third kappa shape index (κ3) is 2.17. The maximum absolute atomic E-state index is 2.33. The normalized spacial score (nSPS) is 27.5. The van der Waals surface area contributed by atoms with Crippen molar-refractivity contribution in [1.29, 1.82) is 0 Å². The molecule has 14 heavy (non-hydrogen) atoms. The summed E-state index contributed by atoms with van der Waals surface area (Å²) in [7, 11) is 0. The maximum atomic E-state index is 2.33. The van der Waals surface area contributed by atoms with Crippen LogP contribution >= 0.6 is 0 Å². The highest BCUT2D eigenvalue weighted by molar-refractivity contribution is 5.19.